The minimum Gasteiger partial charge on any atom is -0.481 e. The summed E-state index contributed by atoms with van der Waals surface area (Å²) in [6.45, 7) is 1.60. The van der Waals surface area contributed by atoms with Crippen LogP contribution in [0.4, 0.5) is 5.69 Å². The number of likely N-dealkylation sites (tertiary alicyclic amines) is 1. The summed E-state index contributed by atoms with van der Waals surface area (Å²) in [5.41, 5.74) is 1.22. The van der Waals surface area contributed by atoms with Gasteiger partial charge < -0.3 is 14.5 Å². The van der Waals surface area contributed by atoms with Crippen molar-refractivity contribution in [3.05, 3.63) is 23.8 Å². The number of rotatable bonds is 1. The summed E-state index contributed by atoms with van der Waals surface area (Å²) in [7, 11) is 1.70. The molecule has 0 spiro atoms. The van der Waals surface area contributed by atoms with Gasteiger partial charge >= 0.3 is 0 Å². The molecular weight excluding hydrogens is 244 g/mol. The fourth-order valence-corrected chi connectivity index (χ4v) is 2.56. The number of para-hydroxylation sites is 1. The summed E-state index contributed by atoms with van der Waals surface area (Å²) in [6, 6.07) is 5.36. The van der Waals surface area contributed by atoms with Crippen LogP contribution in [0.1, 0.15) is 23.2 Å². The first kappa shape index (κ1) is 12.0. The second-order valence-electron chi connectivity index (χ2n) is 4.89. The second kappa shape index (κ2) is 4.57. The number of likely N-dealkylation sites (N-methyl/N-ethyl adjacent to an activating group) is 1. The van der Waals surface area contributed by atoms with Crippen LogP contribution in [-0.4, -0.2) is 43.5 Å². The van der Waals surface area contributed by atoms with Gasteiger partial charge in [0.2, 0.25) is 0 Å². The Morgan fingerprint density at radius 3 is 2.74 bits per heavy atom. The van der Waals surface area contributed by atoms with Crippen molar-refractivity contribution in [1.82, 2.24) is 4.90 Å². The van der Waals surface area contributed by atoms with E-state index in [2.05, 4.69) is 0 Å². The van der Waals surface area contributed by atoms with Crippen LogP contribution in [0.25, 0.3) is 0 Å². The normalized spacial score (nSPS) is 18.3. The molecule has 0 radical (unpaired) electrons. The van der Waals surface area contributed by atoms with E-state index in [4.69, 9.17) is 4.74 Å². The maximum absolute atomic E-state index is 12.4. The zero-order chi connectivity index (χ0) is 13.4. The molecule has 2 aliphatic rings. The molecule has 5 heteroatoms. The number of anilines is 1. The Hall–Kier alpha value is -2.04. The van der Waals surface area contributed by atoms with Gasteiger partial charge in [-0.25, -0.2) is 0 Å². The van der Waals surface area contributed by atoms with Crippen LogP contribution in [0.2, 0.25) is 0 Å². The molecule has 0 unspecified atom stereocenters. The lowest BCUT2D eigenvalue weighted by atomic mass is 10.1. The largest absolute Gasteiger partial charge is 0.481 e. The third kappa shape index (κ3) is 1.95. The van der Waals surface area contributed by atoms with Crippen molar-refractivity contribution in [3.63, 3.8) is 0 Å². The molecule has 0 saturated carbocycles. The average molecular weight is 260 g/mol. The van der Waals surface area contributed by atoms with Crippen molar-refractivity contribution in [2.24, 2.45) is 0 Å². The first-order valence-electron chi connectivity index (χ1n) is 6.50. The minimum absolute atomic E-state index is 0.00269. The quantitative estimate of drug-likeness (QED) is 0.764. The Kier molecular flexibility index (Phi) is 2.89. The molecule has 0 N–H and O–H groups in total. The Bertz CT molecular complexity index is 535. The lowest BCUT2D eigenvalue weighted by Gasteiger charge is -2.28. The molecule has 2 amide bonds. The lowest BCUT2D eigenvalue weighted by Crippen LogP contribution is -2.37. The first-order valence-corrected chi connectivity index (χ1v) is 6.50. The van der Waals surface area contributed by atoms with E-state index < -0.39 is 0 Å². The highest BCUT2D eigenvalue weighted by atomic mass is 16.5. The van der Waals surface area contributed by atoms with Gasteiger partial charge in [-0.2, -0.15) is 0 Å². The van der Waals surface area contributed by atoms with Crippen LogP contribution in [0.15, 0.2) is 18.2 Å². The van der Waals surface area contributed by atoms with E-state index in [0.717, 1.165) is 25.9 Å². The van der Waals surface area contributed by atoms with E-state index in [1.807, 2.05) is 4.90 Å². The molecule has 0 atom stereocenters. The lowest BCUT2D eigenvalue weighted by molar-refractivity contribution is -0.121. The molecule has 2 aliphatic heterocycles. The summed E-state index contributed by atoms with van der Waals surface area (Å²) < 4.78 is 5.48. The fourth-order valence-electron chi connectivity index (χ4n) is 2.56. The van der Waals surface area contributed by atoms with E-state index in [1.54, 1.807) is 30.1 Å². The van der Waals surface area contributed by atoms with Crippen molar-refractivity contribution < 1.29 is 14.3 Å². The highest BCUT2D eigenvalue weighted by Gasteiger charge is 2.29. The Morgan fingerprint density at radius 1 is 1.26 bits per heavy atom. The van der Waals surface area contributed by atoms with Crippen LogP contribution < -0.4 is 9.64 Å². The van der Waals surface area contributed by atoms with Gasteiger partial charge in [0.25, 0.3) is 11.8 Å². The highest BCUT2D eigenvalue weighted by molar-refractivity contribution is 6.04. The van der Waals surface area contributed by atoms with Crippen molar-refractivity contribution in [2.45, 2.75) is 12.8 Å². The zero-order valence-corrected chi connectivity index (χ0v) is 10.9. The number of fused-ring (bicyclic) bond motifs is 1. The summed E-state index contributed by atoms with van der Waals surface area (Å²) in [5.74, 6) is 0.428. The van der Waals surface area contributed by atoms with Crippen LogP contribution in [0.3, 0.4) is 0 Å². The standard InChI is InChI=1S/C14H16N2O3/c1-15-11-6-4-5-10(13(11)19-9-12(15)17)14(18)16-7-2-3-8-16/h4-6H,2-3,7-9H2,1H3. The number of carbonyl (C=O) groups excluding carboxylic acids is 2. The topological polar surface area (TPSA) is 49.9 Å². The molecule has 100 valence electrons. The first-order chi connectivity index (χ1) is 9.18. The SMILES string of the molecule is CN1C(=O)COc2c(C(=O)N3CCCC3)cccc21. The molecule has 3 rings (SSSR count). The number of carbonyl (C=O) groups is 2. The molecule has 5 nitrogen and oxygen atoms in total. The van der Waals surface area contributed by atoms with Crippen LogP contribution in [-0.2, 0) is 4.79 Å². The van der Waals surface area contributed by atoms with E-state index in [-0.39, 0.29) is 18.4 Å². The fraction of sp³-hybridized carbons (Fsp3) is 0.429. The van der Waals surface area contributed by atoms with E-state index in [9.17, 15) is 9.59 Å². The second-order valence-corrected chi connectivity index (χ2v) is 4.89. The Morgan fingerprint density at radius 2 is 2.00 bits per heavy atom. The predicted molar refractivity (Wildman–Crippen MR) is 70.5 cm³/mol. The average Bonchev–Trinajstić information content (AvgIpc) is 2.96. The summed E-state index contributed by atoms with van der Waals surface area (Å²) in [4.78, 5) is 27.4. The molecule has 1 aromatic carbocycles. The summed E-state index contributed by atoms with van der Waals surface area (Å²) in [6.07, 6.45) is 2.11. The van der Waals surface area contributed by atoms with Gasteiger partial charge in [0.1, 0.15) is 0 Å². The number of nitrogens with zero attached hydrogens (tertiary/aromatic N) is 2. The number of amides is 2. The molecule has 0 aliphatic carbocycles. The molecule has 1 aromatic rings. The van der Waals surface area contributed by atoms with Crippen molar-refractivity contribution in [2.75, 3.05) is 31.6 Å². The molecule has 1 saturated heterocycles. The van der Waals surface area contributed by atoms with E-state index >= 15 is 0 Å². The van der Waals surface area contributed by atoms with Crippen LogP contribution >= 0.6 is 0 Å². The number of hydrogen-bond donors (Lipinski definition) is 0. The zero-order valence-electron chi connectivity index (χ0n) is 10.9. The maximum Gasteiger partial charge on any atom is 0.264 e. The van der Waals surface area contributed by atoms with Gasteiger partial charge in [-0.3, -0.25) is 9.59 Å². The van der Waals surface area contributed by atoms with Crippen molar-refractivity contribution in [1.29, 1.82) is 0 Å². The van der Waals surface area contributed by atoms with Crippen molar-refractivity contribution in [3.8, 4) is 5.75 Å². The Labute approximate surface area is 111 Å². The maximum atomic E-state index is 12.4. The smallest absolute Gasteiger partial charge is 0.264 e. The minimum atomic E-state index is -0.0988. The van der Waals surface area contributed by atoms with Gasteiger partial charge in [0.15, 0.2) is 12.4 Å². The van der Waals surface area contributed by atoms with Gasteiger partial charge in [0, 0.05) is 20.1 Å². The molecular formula is C14H16N2O3. The monoisotopic (exact) mass is 260 g/mol. The van der Waals surface area contributed by atoms with Gasteiger partial charge in [-0.05, 0) is 25.0 Å². The molecule has 1 fully saturated rings. The summed E-state index contributed by atoms with van der Waals surface area (Å²) >= 11 is 0. The van der Waals surface area contributed by atoms with E-state index in [1.165, 1.54) is 0 Å². The number of ether oxygens (including phenoxy) is 1. The molecule has 0 bridgehead atoms. The third-order valence-electron chi connectivity index (χ3n) is 3.69. The number of benzene rings is 1. The Balaban J connectivity index is 1.99. The number of hydrogen-bond acceptors (Lipinski definition) is 3. The molecule has 0 aromatic heterocycles. The van der Waals surface area contributed by atoms with Gasteiger partial charge in [-0.15, -0.1) is 0 Å². The van der Waals surface area contributed by atoms with Crippen molar-refractivity contribution >= 4 is 17.5 Å². The molecule has 19 heavy (non-hydrogen) atoms. The molecule has 2 heterocycles. The van der Waals surface area contributed by atoms with Gasteiger partial charge in [0.05, 0.1) is 11.3 Å². The van der Waals surface area contributed by atoms with Crippen LogP contribution in [0.5, 0.6) is 5.75 Å². The highest BCUT2D eigenvalue weighted by Crippen LogP contribution is 2.35. The predicted octanol–water partition coefficient (Wildman–Crippen LogP) is 1.28. The van der Waals surface area contributed by atoms with Crippen LogP contribution in [0, 0.1) is 0 Å². The third-order valence-corrected chi connectivity index (χ3v) is 3.69. The van der Waals surface area contributed by atoms with E-state index in [0.29, 0.717) is 17.0 Å². The summed E-state index contributed by atoms with van der Waals surface area (Å²) in [5, 5.41) is 0. The van der Waals surface area contributed by atoms with Gasteiger partial charge in [-0.1, -0.05) is 6.07 Å².